The molecule has 0 aliphatic heterocycles. The van der Waals surface area contributed by atoms with Crippen molar-refractivity contribution in [3.05, 3.63) is 94.0 Å². The van der Waals surface area contributed by atoms with E-state index in [9.17, 15) is 18.3 Å². The number of sulfone groups is 1. The summed E-state index contributed by atoms with van der Waals surface area (Å²) in [5, 5.41) is 14.3. The minimum Gasteiger partial charge on any atom is -0.462 e. The van der Waals surface area contributed by atoms with Gasteiger partial charge in [0.2, 0.25) is 9.84 Å². The first-order valence-electron chi connectivity index (χ1n) is 13.3. The van der Waals surface area contributed by atoms with E-state index in [-0.39, 0.29) is 28.0 Å². The summed E-state index contributed by atoms with van der Waals surface area (Å²) in [5.41, 5.74) is 2.66. The normalized spacial score (nSPS) is 13.3. The van der Waals surface area contributed by atoms with E-state index >= 15 is 0 Å². The fraction of sp³-hybridized carbons (Fsp3) is 0.387. The van der Waals surface area contributed by atoms with E-state index in [4.69, 9.17) is 16.3 Å². The summed E-state index contributed by atoms with van der Waals surface area (Å²) >= 11 is 6.01. The molecular weight excluding hydrogens is 534 g/mol. The van der Waals surface area contributed by atoms with Crippen LogP contribution in [-0.2, 0) is 27.4 Å². The molecule has 0 amide bonds. The highest BCUT2D eigenvalue weighted by Gasteiger charge is 2.26. The lowest BCUT2D eigenvalue weighted by atomic mass is 10.0. The first kappa shape index (κ1) is 30.8. The zero-order chi connectivity index (χ0) is 28.6. The standard InChI is InChI=1S/C31H38ClNO5S/c1-5-38-31(35)28-18-24(10-9-21(2)3)13-16-30(28)39(36,37)27-14-11-23(12-15-27)17-22(4)33-20-29(34)25-7-6-8-26(32)19-25/h6-8,11-16,18-19,21-22,29,33-34H,5,9-10,17,20H2,1-4H3/t22-,29+/m1/s1. The Morgan fingerprint density at radius 2 is 1.69 bits per heavy atom. The first-order valence-corrected chi connectivity index (χ1v) is 15.2. The van der Waals surface area contributed by atoms with Crippen molar-refractivity contribution < 1.29 is 23.1 Å². The number of halogens is 1. The number of aryl methyl sites for hydroxylation is 1. The fourth-order valence-corrected chi connectivity index (χ4v) is 5.92. The fourth-order valence-electron chi connectivity index (χ4n) is 4.29. The van der Waals surface area contributed by atoms with Gasteiger partial charge in [-0.25, -0.2) is 13.2 Å². The van der Waals surface area contributed by atoms with E-state index in [1.807, 2.05) is 13.0 Å². The number of carbonyl (C=O) groups excluding carboxylic acids is 1. The summed E-state index contributed by atoms with van der Waals surface area (Å²) in [7, 11) is -3.94. The van der Waals surface area contributed by atoms with Gasteiger partial charge >= 0.3 is 5.97 Å². The third kappa shape index (κ3) is 8.64. The predicted octanol–water partition coefficient (Wildman–Crippen LogP) is 6.19. The van der Waals surface area contributed by atoms with Gasteiger partial charge in [0.25, 0.3) is 0 Å². The number of hydrogen-bond acceptors (Lipinski definition) is 6. The second kappa shape index (κ2) is 14.1. The maximum absolute atomic E-state index is 13.6. The Hall–Kier alpha value is -2.71. The predicted molar refractivity (Wildman–Crippen MR) is 155 cm³/mol. The Kier molecular flexibility index (Phi) is 11.1. The van der Waals surface area contributed by atoms with Crippen molar-refractivity contribution >= 4 is 27.4 Å². The number of ether oxygens (including phenoxy) is 1. The molecule has 0 bridgehead atoms. The zero-order valence-electron chi connectivity index (χ0n) is 23.0. The average molecular weight is 572 g/mol. The van der Waals surface area contributed by atoms with E-state index in [1.54, 1.807) is 61.5 Å². The lowest BCUT2D eigenvalue weighted by Crippen LogP contribution is -2.32. The molecule has 0 unspecified atom stereocenters. The number of nitrogens with one attached hydrogen (secondary N) is 1. The molecule has 0 radical (unpaired) electrons. The number of esters is 1. The Balaban J connectivity index is 1.72. The monoisotopic (exact) mass is 571 g/mol. The van der Waals surface area contributed by atoms with Crippen LogP contribution in [0, 0.1) is 5.92 Å². The summed E-state index contributed by atoms with van der Waals surface area (Å²) in [6.45, 7) is 8.46. The van der Waals surface area contributed by atoms with Crippen LogP contribution in [0.15, 0.2) is 76.5 Å². The Labute approximate surface area is 237 Å². The molecule has 8 heteroatoms. The SMILES string of the molecule is CCOC(=O)c1cc(CCC(C)C)ccc1S(=O)(=O)c1ccc(C[C@@H](C)NC[C@H](O)c2cccc(Cl)c2)cc1. The molecule has 39 heavy (non-hydrogen) atoms. The zero-order valence-corrected chi connectivity index (χ0v) is 24.6. The van der Waals surface area contributed by atoms with Gasteiger partial charge in [0, 0.05) is 17.6 Å². The molecule has 2 N–H and O–H groups in total. The van der Waals surface area contributed by atoms with Gasteiger partial charge in [-0.1, -0.05) is 55.8 Å². The molecular formula is C31H38ClNO5S. The quantitative estimate of drug-likeness (QED) is 0.238. The molecule has 0 aromatic heterocycles. The molecule has 0 spiro atoms. The number of aliphatic hydroxyl groups excluding tert-OH is 1. The maximum atomic E-state index is 13.6. The third-order valence-electron chi connectivity index (χ3n) is 6.51. The van der Waals surface area contributed by atoms with Crippen LogP contribution in [0.1, 0.15) is 67.3 Å². The molecule has 0 fully saturated rings. The lowest BCUT2D eigenvalue weighted by molar-refractivity contribution is 0.0521. The molecule has 2 atom stereocenters. The molecule has 6 nitrogen and oxygen atoms in total. The summed E-state index contributed by atoms with van der Waals surface area (Å²) < 4.78 is 32.3. The van der Waals surface area contributed by atoms with E-state index in [0.29, 0.717) is 23.9 Å². The van der Waals surface area contributed by atoms with Crippen LogP contribution in [0.5, 0.6) is 0 Å². The first-order chi connectivity index (χ1) is 18.5. The molecule has 0 aliphatic rings. The Morgan fingerprint density at radius 1 is 1.00 bits per heavy atom. The molecule has 210 valence electrons. The maximum Gasteiger partial charge on any atom is 0.339 e. The molecule has 0 aliphatic carbocycles. The average Bonchev–Trinajstić information content (AvgIpc) is 2.90. The summed E-state index contributed by atoms with van der Waals surface area (Å²) in [5.74, 6) is -0.150. The van der Waals surface area contributed by atoms with E-state index < -0.39 is 21.9 Å². The van der Waals surface area contributed by atoms with Crippen LogP contribution < -0.4 is 5.32 Å². The van der Waals surface area contributed by atoms with Gasteiger partial charge < -0.3 is 15.2 Å². The van der Waals surface area contributed by atoms with Crippen LogP contribution in [0.3, 0.4) is 0 Å². The van der Waals surface area contributed by atoms with Crippen LogP contribution in [-0.4, -0.2) is 38.7 Å². The summed E-state index contributed by atoms with van der Waals surface area (Å²) in [6, 6.07) is 18.8. The van der Waals surface area contributed by atoms with Crippen molar-refractivity contribution in [2.75, 3.05) is 13.2 Å². The second-order valence-corrected chi connectivity index (χ2v) is 12.6. The third-order valence-corrected chi connectivity index (χ3v) is 8.57. The molecule has 0 heterocycles. The second-order valence-electron chi connectivity index (χ2n) is 10.2. The highest BCUT2D eigenvalue weighted by Crippen LogP contribution is 2.27. The van der Waals surface area contributed by atoms with Crippen molar-refractivity contribution in [3.63, 3.8) is 0 Å². The highest BCUT2D eigenvalue weighted by molar-refractivity contribution is 7.91. The van der Waals surface area contributed by atoms with Gasteiger partial charge in [-0.2, -0.15) is 0 Å². The van der Waals surface area contributed by atoms with Crippen LogP contribution >= 0.6 is 11.6 Å². The number of benzene rings is 3. The molecule has 3 aromatic rings. The Morgan fingerprint density at radius 3 is 2.33 bits per heavy atom. The minimum atomic E-state index is -3.94. The van der Waals surface area contributed by atoms with Crippen molar-refractivity contribution in [1.82, 2.24) is 5.32 Å². The minimum absolute atomic E-state index is 0.0371. The lowest BCUT2D eigenvalue weighted by Gasteiger charge is -2.18. The van der Waals surface area contributed by atoms with Crippen LogP contribution in [0.25, 0.3) is 0 Å². The van der Waals surface area contributed by atoms with Gasteiger partial charge in [-0.15, -0.1) is 0 Å². The van der Waals surface area contributed by atoms with Gasteiger partial charge in [0.15, 0.2) is 0 Å². The summed E-state index contributed by atoms with van der Waals surface area (Å²) in [6.07, 6.45) is 1.63. The van der Waals surface area contributed by atoms with Crippen LogP contribution in [0.4, 0.5) is 0 Å². The number of hydrogen-bond donors (Lipinski definition) is 2. The van der Waals surface area contributed by atoms with Crippen LogP contribution in [0.2, 0.25) is 5.02 Å². The molecule has 3 rings (SSSR count). The van der Waals surface area contributed by atoms with Crippen molar-refractivity contribution in [2.24, 2.45) is 5.92 Å². The number of rotatable bonds is 13. The largest absolute Gasteiger partial charge is 0.462 e. The van der Waals surface area contributed by atoms with E-state index in [0.717, 1.165) is 29.5 Å². The highest BCUT2D eigenvalue weighted by atomic mass is 35.5. The van der Waals surface area contributed by atoms with Gasteiger partial charge in [-0.3, -0.25) is 0 Å². The van der Waals surface area contributed by atoms with Gasteiger partial charge in [0.05, 0.1) is 28.1 Å². The molecule has 0 saturated heterocycles. The van der Waals surface area contributed by atoms with E-state index in [2.05, 4.69) is 19.2 Å². The van der Waals surface area contributed by atoms with Crippen molar-refractivity contribution in [3.8, 4) is 0 Å². The van der Waals surface area contributed by atoms with E-state index in [1.165, 1.54) is 6.07 Å². The number of carbonyl (C=O) groups is 1. The molecule has 0 saturated carbocycles. The smallest absolute Gasteiger partial charge is 0.339 e. The topological polar surface area (TPSA) is 92.7 Å². The number of aliphatic hydroxyl groups is 1. The van der Waals surface area contributed by atoms with Gasteiger partial charge in [0.1, 0.15) is 0 Å². The van der Waals surface area contributed by atoms with Gasteiger partial charge in [-0.05, 0) is 92.1 Å². The molecule has 3 aromatic carbocycles. The van der Waals surface area contributed by atoms with Crippen molar-refractivity contribution in [1.29, 1.82) is 0 Å². The Bertz CT molecular complexity index is 1360. The summed E-state index contributed by atoms with van der Waals surface area (Å²) in [4.78, 5) is 12.8. The van der Waals surface area contributed by atoms with Crippen molar-refractivity contribution in [2.45, 2.75) is 68.9 Å².